The largest absolute Gasteiger partial charge is 0.352 e. The van der Waals surface area contributed by atoms with Crippen molar-refractivity contribution >= 4 is 62.3 Å². The molecule has 0 aromatic heterocycles. The minimum atomic E-state index is -4.00. The first-order valence-corrected chi connectivity index (χ1v) is 15.6. The molecule has 0 aliphatic carbocycles. The van der Waals surface area contributed by atoms with Crippen LogP contribution in [-0.2, 0) is 32.6 Å². The molecular weight excluding hydrogens is 593 g/mol. The summed E-state index contributed by atoms with van der Waals surface area (Å²) in [4.78, 5) is 29.1. The Labute approximate surface area is 251 Å². The molecule has 3 rings (SSSR count). The van der Waals surface area contributed by atoms with Crippen LogP contribution in [0.15, 0.2) is 66.7 Å². The van der Waals surface area contributed by atoms with Gasteiger partial charge in [-0.2, -0.15) is 0 Å². The van der Waals surface area contributed by atoms with Gasteiger partial charge < -0.3 is 10.2 Å². The Morgan fingerprint density at radius 3 is 2.10 bits per heavy atom. The van der Waals surface area contributed by atoms with Crippen molar-refractivity contribution in [1.29, 1.82) is 0 Å². The minimum absolute atomic E-state index is 0.00833. The highest BCUT2D eigenvalue weighted by molar-refractivity contribution is 7.92. The van der Waals surface area contributed by atoms with Crippen molar-refractivity contribution in [3.05, 3.63) is 98.5 Å². The lowest BCUT2D eigenvalue weighted by Gasteiger charge is -2.34. The molecule has 0 saturated heterocycles. The Hall–Kier alpha value is -2.78. The van der Waals surface area contributed by atoms with Crippen LogP contribution in [0.25, 0.3) is 0 Å². The lowest BCUT2D eigenvalue weighted by molar-refractivity contribution is -0.140. The summed E-state index contributed by atoms with van der Waals surface area (Å²) in [5, 5.41) is 3.15. The number of rotatable bonds is 11. The number of hydrogen-bond donors (Lipinski definition) is 1. The Kier molecular flexibility index (Phi) is 10.9. The molecule has 0 bridgehead atoms. The van der Waals surface area contributed by atoms with Gasteiger partial charge in [0, 0.05) is 19.0 Å². The molecule has 40 heavy (non-hydrogen) atoms. The molecule has 0 aliphatic rings. The molecule has 1 atom stereocenters. The van der Waals surface area contributed by atoms with Crippen molar-refractivity contribution in [2.75, 3.05) is 17.1 Å². The van der Waals surface area contributed by atoms with Gasteiger partial charge in [0.2, 0.25) is 21.8 Å². The molecule has 214 valence electrons. The number of nitrogens with zero attached hydrogens (tertiary/aromatic N) is 2. The van der Waals surface area contributed by atoms with Gasteiger partial charge in [0.1, 0.15) is 12.6 Å². The van der Waals surface area contributed by atoms with Gasteiger partial charge in [-0.25, -0.2) is 8.42 Å². The average molecular weight is 625 g/mol. The molecule has 3 aromatic carbocycles. The normalized spacial score (nSPS) is 12.2. The van der Waals surface area contributed by atoms with E-state index < -0.39 is 28.5 Å². The maximum atomic E-state index is 14.1. The van der Waals surface area contributed by atoms with Crippen LogP contribution in [-0.4, -0.2) is 50.0 Å². The summed E-state index contributed by atoms with van der Waals surface area (Å²) in [5.74, 6) is -0.935. The molecule has 0 saturated carbocycles. The van der Waals surface area contributed by atoms with Crippen LogP contribution in [0.4, 0.5) is 5.69 Å². The van der Waals surface area contributed by atoms with Gasteiger partial charge >= 0.3 is 0 Å². The van der Waals surface area contributed by atoms with Gasteiger partial charge in [0.25, 0.3) is 0 Å². The Morgan fingerprint density at radius 1 is 0.900 bits per heavy atom. The van der Waals surface area contributed by atoms with Crippen molar-refractivity contribution in [2.24, 2.45) is 0 Å². The molecule has 1 N–H and O–H groups in total. The van der Waals surface area contributed by atoms with Gasteiger partial charge in [-0.05, 0) is 49.6 Å². The zero-order valence-electron chi connectivity index (χ0n) is 22.7. The molecule has 0 radical (unpaired) electrons. The summed E-state index contributed by atoms with van der Waals surface area (Å²) in [5.41, 5.74) is 2.61. The summed E-state index contributed by atoms with van der Waals surface area (Å²) in [7, 11) is -4.00. The molecular formula is C29H32Cl3N3O4S. The molecule has 11 heteroatoms. The number of aryl methyl sites for hydroxylation is 1. The fourth-order valence-electron chi connectivity index (χ4n) is 4.20. The third kappa shape index (κ3) is 8.36. The minimum Gasteiger partial charge on any atom is -0.352 e. The van der Waals surface area contributed by atoms with Crippen molar-refractivity contribution in [2.45, 2.75) is 45.8 Å². The summed E-state index contributed by atoms with van der Waals surface area (Å²) in [6.45, 7) is 5.06. The predicted molar refractivity (Wildman–Crippen MR) is 163 cm³/mol. The van der Waals surface area contributed by atoms with Crippen LogP contribution in [0.5, 0.6) is 0 Å². The monoisotopic (exact) mass is 623 g/mol. The summed E-state index contributed by atoms with van der Waals surface area (Å²) in [6, 6.07) is 18.4. The lowest BCUT2D eigenvalue weighted by atomic mass is 10.0. The van der Waals surface area contributed by atoms with Crippen LogP contribution < -0.4 is 9.62 Å². The van der Waals surface area contributed by atoms with Crippen molar-refractivity contribution in [3.63, 3.8) is 0 Å². The fraction of sp³-hybridized carbons (Fsp3) is 0.310. The Morgan fingerprint density at radius 2 is 1.50 bits per heavy atom. The van der Waals surface area contributed by atoms with Gasteiger partial charge in [-0.15, -0.1) is 0 Å². The second-order valence-corrected chi connectivity index (χ2v) is 12.9. The number of carbonyl (C=O) groups excluding carboxylic acids is 2. The highest BCUT2D eigenvalue weighted by Gasteiger charge is 2.34. The first-order valence-electron chi connectivity index (χ1n) is 12.6. The average Bonchev–Trinajstić information content (AvgIpc) is 2.87. The molecule has 2 amide bonds. The number of halogens is 3. The molecule has 0 aliphatic heterocycles. The Bertz CT molecular complexity index is 1470. The van der Waals surface area contributed by atoms with Gasteiger partial charge in [0.05, 0.1) is 27.0 Å². The lowest BCUT2D eigenvalue weighted by Crippen LogP contribution is -2.54. The van der Waals surface area contributed by atoms with E-state index in [1.54, 1.807) is 0 Å². The van der Waals surface area contributed by atoms with E-state index in [0.717, 1.165) is 27.3 Å². The quantitative estimate of drug-likeness (QED) is 0.270. The highest BCUT2D eigenvalue weighted by Crippen LogP contribution is 2.35. The van der Waals surface area contributed by atoms with E-state index in [0.29, 0.717) is 0 Å². The summed E-state index contributed by atoms with van der Waals surface area (Å²) >= 11 is 18.6. The van der Waals surface area contributed by atoms with E-state index in [2.05, 4.69) is 5.32 Å². The van der Waals surface area contributed by atoms with E-state index in [9.17, 15) is 18.0 Å². The first kappa shape index (κ1) is 31.7. The number of benzene rings is 3. The number of anilines is 1. The van der Waals surface area contributed by atoms with Crippen LogP contribution in [0.3, 0.4) is 0 Å². The smallest absolute Gasteiger partial charge is 0.244 e. The SMILES string of the molecule is Cc1ccccc1CN(C(=O)CN(c1cc(Cl)c(Cl)cc1Cl)S(C)(=O)=O)C(Cc1ccccc1)C(=O)NC(C)C. The number of nitrogens with one attached hydrogen (secondary N) is 1. The predicted octanol–water partition coefficient (Wildman–Crippen LogP) is 5.89. The third-order valence-electron chi connectivity index (χ3n) is 6.24. The number of hydrogen-bond acceptors (Lipinski definition) is 4. The van der Waals surface area contributed by atoms with Gasteiger partial charge in [-0.1, -0.05) is 89.4 Å². The highest BCUT2D eigenvalue weighted by atomic mass is 35.5. The number of amides is 2. The van der Waals surface area contributed by atoms with Crippen molar-refractivity contribution in [1.82, 2.24) is 10.2 Å². The molecule has 7 nitrogen and oxygen atoms in total. The molecule has 3 aromatic rings. The van der Waals surface area contributed by atoms with Crippen LogP contribution in [0, 0.1) is 6.92 Å². The first-order chi connectivity index (χ1) is 18.8. The van der Waals surface area contributed by atoms with Crippen LogP contribution >= 0.6 is 34.8 Å². The third-order valence-corrected chi connectivity index (χ3v) is 8.39. The van der Waals surface area contributed by atoms with E-state index in [4.69, 9.17) is 34.8 Å². The van der Waals surface area contributed by atoms with Crippen LogP contribution in [0.2, 0.25) is 15.1 Å². The zero-order valence-corrected chi connectivity index (χ0v) is 25.8. The van der Waals surface area contributed by atoms with Crippen molar-refractivity contribution in [3.8, 4) is 0 Å². The maximum absolute atomic E-state index is 14.1. The molecule has 0 fully saturated rings. The molecule has 0 heterocycles. The van der Waals surface area contributed by atoms with Gasteiger partial charge in [-0.3, -0.25) is 13.9 Å². The van der Waals surface area contributed by atoms with E-state index in [1.165, 1.54) is 17.0 Å². The van der Waals surface area contributed by atoms with E-state index >= 15 is 0 Å². The van der Waals surface area contributed by atoms with Crippen molar-refractivity contribution < 1.29 is 18.0 Å². The zero-order chi connectivity index (χ0) is 29.6. The van der Waals surface area contributed by atoms with E-state index in [1.807, 2.05) is 75.4 Å². The topological polar surface area (TPSA) is 86.8 Å². The number of sulfonamides is 1. The van der Waals surface area contributed by atoms with Gasteiger partial charge in [0.15, 0.2) is 0 Å². The molecule has 0 spiro atoms. The second kappa shape index (κ2) is 13.7. The standard InChI is InChI=1S/C29H32Cl3N3O4S/c1-19(2)33-29(37)27(14-21-11-6-5-7-12-21)34(17-22-13-9-8-10-20(22)3)28(36)18-35(40(4,38)39)26-16-24(31)23(30)15-25(26)32/h5-13,15-16,19,27H,14,17-18H2,1-4H3,(H,33,37). The number of carbonyl (C=O) groups is 2. The molecule has 1 unspecified atom stereocenters. The van der Waals surface area contributed by atoms with Crippen LogP contribution in [0.1, 0.15) is 30.5 Å². The fourth-order valence-corrected chi connectivity index (χ4v) is 5.75. The second-order valence-electron chi connectivity index (χ2n) is 9.80. The summed E-state index contributed by atoms with van der Waals surface area (Å²) in [6.07, 6.45) is 1.20. The van der Waals surface area contributed by atoms with E-state index in [-0.39, 0.29) is 45.7 Å². The Balaban J connectivity index is 2.11. The maximum Gasteiger partial charge on any atom is 0.244 e. The summed E-state index contributed by atoms with van der Waals surface area (Å²) < 4.78 is 26.7.